The third-order valence-corrected chi connectivity index (χ3v) is 6.19. The first-order chi connectivity index (χ1) is 15.1. The van der Waals surface area contributed by atoms with E-state index in [4.69, 9.17) is 14.2 Å². The number of ether oxygens (including phenoxy) is 3. The molecule has 1 N–H and O–H groups in total. The molecule has 0 aromatic carbocycles. The normalized spacial score (nSPS) is 21.8. The predicted octanol–water partition coefficient (Wildman–Crippen LogP) is -1.39. The monoisotopic (exact) mass is 500 g/mol. The van der Waals surface area contributed by atoms with Gasteiger partial charge in [-0.15, -0.1) is 0 Å². The van der Waals surface area contributed by atoms with E-state index < -0.39 is 71.5 Å². The van der Waals surface area contributed by atoms with Crippen molar-refractivity contribution in [1.82, 2.24) is 0 Å². The van der Waals surface area contributed by atoms with E-state index in [0.717, 1.165) is 38.5 Å². The Labute approximate surface area is 217 Å². The fourth-order valence-corrected chi connectivity index (χ4v) is 3.68. The van der Waals surface area contributed by atoms with E-state index in [1.54, 1.807) is 0 Å². The average Bonchev–Trinajstić information content (AvgIpc) is 2.80. The summed E-state index contributed by atoms with van der Waals surface area (Å²) in [6, 6.07) is 0. The van der Waals surface area contributed by atoms with Gasteiger partial charge in [-0.25, -0.2) is 8.42 Å². The molecule has 12 heteroatoms. The summed E-state index contributed by atoms with van der Waals surface area (Å²) in [4.78, 5) is 35.8. The summed E-state index contributed by atoms with van der Waals surface area (Å²) in [5.41, 5.74) is -1.45. The molecule has 0 aromatic rings. The van der Waals surface area contributed by atoms with Crippen LogP contribution in [0.25, 0.3) is 0 Å². The molecule has 1 aliphatic heterocycles. The summed E-state index contributed by atoms with van der Waals surface area (Å²) < 4.78 is 48.5. The van der Waals surface area contributed by atoms with Gasteiger partial charge >= 0.3 is 47.5 Å². The van der Waals surface area contributed by atoms with E-state index in [9.17, 15) is 32.5 Å². The number of allylic oxidation sites excluding steroid dienone is 2. The van der Waals surface area contributed by atoms with Gasteiger partial charge in [0.1, 0.15) is 29.9 Å². The van der Waals surface area contributed by atoms with E-state index in [0.29, 0.717) is 6.42 Å². The number of aliphatic hydroxyl groups is 1. The minimum atomic E-state index is -5.13. The van der Waals surface area contributed by atoms with Gasteiger partial charge in [0, 0.05) is 6.42 Å². The first-order valence-corrected chi connectivity index (χ1v) is 12.3. The Kier molecular flexibility index (Phi) is 16.1. The molecule has 0 spiro atoms. The second-order valence-corrected chi connectivity index (χ2v) is 9.56. The van der Waals surface area contributed by atoms with Gasteiger partial charge in [-0.1, -0.05) is 37.8 Å². The van der Waals surface area contributed by atoms with Crippen molar-refractivity contribution in [2.24, 2.45) is 5.41 Å². The van der Waals surface area contributed by atoms with Gasteiger partial charge in [-0.05, 0) is 26.2 Å². The molecule has 0 aliphatic carbocycles. The van der Waals surface area contributed by atoms with Crippen LogP contribution in [0.5, 0.6) is 0 Å². The van der Waals surface area contributed by atoms with Gasteiger partial charge in [0.05, 0.1) is 18.4 Å². The summed E-state index contributed by atoms with van der Waals surface area (Å²) in [7, 11) is -5.13. The molecule has 2 atom stereocenters. The fraction of sp³-hybridized carbons (Fsp3) is 0.762. The first-order valence-electron chi connectivity index (χ1n) is 10.8. The van der Waals surface area contributed by atoms with Crippen molar-refractivity contribution >= 4 is 28.0 Å². The van der Waals surface area contributed by atoms with Crippen LogP contribution in [0.15, 0.2) is 12.2 Å². The number of hydrogen-bond acceptors (Lipinski definition) is 10. The Morgan fingerprint density at radius 2 is 1.76 bits per heavy atom. The van der Waals surface area contributed by atoms with Crippen LogP contribution in [0.1, 0.15) is 64.7 Å². The molecular weight excluding hydrogens is 467 g/mol. The molecule has 10 nitrogen and oxygen atoms in total. The van der Waals surface area contributed by atoms with Crippen molar-refractivity contribution in [3.8, 4) is 0 Å². The summed E-state index contributed by atoms with van der Waals surface area (Å²) in [6.45, 7) is -0.120. The number of cyclic esters (lactones) is 2. The SMILES string of the molecule is C/C=C/CCCCCCCCC(=O)OCC1(CO)COC(=O)CC(S(=O)(=O)[O-])C(=O)OC1.[Na+]. The molecule has 1 aliphatic rings. The standard InChI is InChI=1S/C21H34O10S.Na/c1-2-3-4-5-6-7-8-9-10-11-18(23)29-14-21(13-22)15-30-19(24)12-17(32(26,27)28)20(25)31-16-21;/h2-3,17,22H,4-16H2,1H3,(H,26,27,28);/q;+1/p-1/b3-2+;. The molecule has 1 saturated heterocycles. The molecule has 0 radical (unpaired) electrons. The van der Waals surface area contributed by atoms with Crippen LogP contribution >= 0.6 is 0 Å². The summed E-state index contributed by atoms with van der Waals surface area (Å²) in [5.74, 6) is -3.03. The quantitative estimate of drug-likeness (QED) is 0.0798. The Morgan fingerprint density at radius 3 is 2.36 bits per heavy atom. The fourth-order valence-electron chi connectivity index (χ4n) is 3.04. The van der Waals surface area contributed by atoms with Crippen LogP contribution in [0, 0.1) is 5.41 Å². The molecule has 184 valence electrons. The van der Waals surface area contributed by atoms with E-state index >= 15 is 0 Å². The Hall–Kier alpha value is -0.980. The summed E-state index contributed by atoms with van der Waals surface area (Å²) in [5, 5.41) is 7.53. The number of carbonyl (C=O) groups excluding carboxylic acids is 3. The zero-order valence-electron chi connectivity index (χ0n) is 19.5. The van der Waals surface area contributed by atoms with Crippen molar-refractivity contribution in [1.29, 1.82) is 0 Å². The number of aliphatic hydroxyl groups excluding tert-OH is 1. The van der Waals surface area contributed by atoms with E-state index in [1.807, 2.05) is 13.0 Å². The summed E-state index contributed by atoms with van der Waals surface area (Å²) >= 11 is 0. The third-order valence-electron chi connectivity index (χ3n) is 5.14. The van der Waals surface area contributed by atoms with Gasteiger partial charge in [0.25, 0.3) is 0 Å². The van der Waals surface area contributed by atoms with Crippen molar-refractivity contribution in [2.45, 2.75) is 70.0 Å². The number of unbranched alkanes of at least 4 members (excludes halogenated alkanes) is 6. The van der Waals surface area contributed by atoms with Crippen LogP contribution in [0.3, 0.4) is 0 Å². The topological polar surface area (TPSA) is 156 Å². The number of carbonyl (C=O) groups is 3. The third kappa shape index (κ3) is 12.9. The van der Waals surface area contributed by atoms with Crippen molar-refractivity contribution < 1.29 is 76.2 Å². The Balaban J connectivity index is 0.0000102. The van der Waals surface area contributed by atoms with E-state index in [-0.39, 0.29) is 36.0 Å². The van der Waals surface area contributed by atoms with E-state index in [2.05, 4.69) is 6.08 Å². The van der Waals surface area contributed by atoms with Gasteiger partial charge < -0.3 is 23.9 Å². The van der Waals surface area contributed by atoms with Gasteiger partial charge in [-0.3, -0.25) is 14.4 Å². The van der Waals surface area contributed by atoms with Crippen LogP contribution in [-0.2, 0) is 38.7 Å². The molecule has 1 rings (SSSR count). The molecule has 1 fully saturated rings. The van der Waals surface area contributed by atoms with Crippen LogP contribution in [0.4, 0.5) is 0 Å². The maximum absolute atomic E-state index is 12.0. The maximum Gasteiger partial charge on any atom is 1.00 e. The largest absolute Gasteiger partial charge is 1.00 e. The number of esters is 3. The van der Waals surface area contributed by atoms with Crippen LogP contribution in [-0.4, -0.2) is 67.7 Å². The molecule has 0 amide bonds. The zero-order chi connectivity index (χ0) is 24.0. The van der Waals surface area contributed by atoms with Gasteiger partial charge in [-0.2, -0.15) is 0 Å². The van der Waals surface area contributed by atoms with Crippen molar-refractivity contribution in [3.05, 3.63) is 12.2 Å². The minimum Gasteiger partial charge on any atom is -0.747 e. The maximum atomic E-state index is 12.0. The average molecular weight is 501 g/mol. The van der Waals surface area contributed by atoms with Gasteiger partial charge in [0.15, 0.2) is 5.25 Å². The van der Waals surface area contributed by atoms with E-state index in [1.165, 1.54) is 0 Å². The molecule has 2 unspecified atom stereocenters. The predicted molar refractivity (Wildman–Crippen MR) is 112 cm³/mol. The number of hydrogen-bond donors (Lipinski definition) is 1. The smallest absolute Gasteiger partial charge is 0.747 e. The van der Waals surface area contributed by atoms with Crippen LogP contribution < -0.4 is 29.6 Å². The molecule has 0 saturated carbocycles. The molecule has 1 heterocycles. The van der Waals surface area contributed by atoms with Crippen molar-refractivity contribution in [3.63, 3.8) is 0 Å². The number of rotatable bonds is 13. The van der Waals surface area contributed by atoms with Gasteiger partial charge in [0.2, 0.25) is 0 Å². The second kappa shape index (κ2) is 16.6. The molecule has 0 bridgehead atoms. The summed E-state index contributed by atoms with van der Waals surface area (Å²) in [6.07, 6.45) is 10.4. The first kappa shape index (κ1) is 32.0. The molecule has 33 heavy (non-hydrogen) atoms. The Morgan fingerprint density at radius 1 is 1.15 bits per heavy atom. The Bertz CT molecular complexity index is 752. The molecular formula is C21H33NaO10S. The van der Waals surface area contributed by atoms with Crippen molar-refractivity contribution in [2.75, 3.05) is 26.4 Å². The van der Waals surface area contributed by atoms with Crippen LogP contribution in [0.2, 0.25) is 0 Å². The molecule has 0 aromatic heterocycles. The second-order valence-electron chi connectivity index (χ2n) is 8.00. The minimum absolute atomic E-state index is 0. The zero-order valence-corrected chi connectivity index (χ0v) is 22.3.